The summed E-state index contributed by atoms with van der Waals surface area (Å²) in [5.74, 6) is -1.40. The summed E-state index contributed by atoms with van der Waals surface area (Å²) in [6.45, 7) is 10.2. The van der Waals surface area contributed by atoms with Crippen molar-refractivity contribution in [2.75, 3.05) is 5.32 Å². The lowest BCUT2D eigenvalue weighted by Crippen LogP contribution is -2.54. The normalized spacial score (nSPS) is 31.6. The van der Waals surface area contributed by atoms with Gasteiger partial charge in [0.05, 0.1) is 11.8 Å². The van der Waals surface area contributed by atoms with Crippen molar-refractivity contribution in [3.63, 3.8) is 0 Å². The van der Waals surface area contributed by atoms with E-state index in [0.717, 1.165) is 29.7 Å². The number of nitrogens with one attached hydrogen (secondary N) is 2. The summed E-state index contributed by atoms with van der Waals surface area (Å²) in [5.41, 5.74) is 1.50. The molecular formula is C23H31N3O3. The van der Waals surface area contributed by atoms with E-state index in [1.807, 2.05) is 32.0 Å². The van der Waals surface area contributed by atoms with Gasteiger partial charge in [0.1, 0.15) is 5.54 Å². The second-order valence-electron chi connectivity index (χ2n) is 9.18. The van der Waals surface area contributed by atoms with Gasteiger partial charge in [-0.15, -0.1) is 0 Å². The number of imide groups is 1. The second-order valence-corrected chi connectivity index (χ2v) is 9.18. The molecule has 5 atom stereocenters. The average Bonchev–Trinajstić information content (AvgIpc) is 3.25. The zero-order chi connectivity index (χ0) is 21.1. The monoisotopic (exact) mass is 397 g/mol. The van der Waals surface area contributed by atoms with Crippen LogP contribution in [0.2, 0.25) is 0 Å². The average molecular weight is 398 g/mol. The maximum Gasteiger partial charge on any atom is 0.250 e. The SMILES string of the molecule is CCc1ccc2c(c1)C1(NC(CC(C)C)C3C(=O)N(C(C)CC)C(=O)C31)C(=O)N2. The molecule has 6 heteroatoms. The zero-order valence-electron chi connectivity index (χ0n) is 17.9. The van der Waals surface area contributed by atoms with Crippen molar-refractivity contribution in [2.24, 2.45) is 17.8 Å². The van der Waals surface area contributed by atoms with Crippen molar-refractivity contribution in [1.82, 2.24) is 10.2 Å². The van der Waals surface area contributed by atoms with Crippen LogP contribution in [0.4, 0.5) is 5.69 Å². The van der Waals surface area contributed by atoms with Gasteiger partial charge in [-0.1, -0.05) is 39.8 Å². The molecule has 0 aromatic heterocycles. The summed E-state index contributed by atoms with van der Waals surface area (Å²) in [6, 6.07) is 5.58. The van der Waals surface area contributed by atoms with Gasteiger partial charge in [0.25, 0.3) is 0 Å². The van der Waals surface area contributed by atoms with E-state index in [-0.39, 0.29) is 29.8 Å². The highest BCUT2D eigenvalue weighted by Gasteiger charge is 2.70. The Morgan fingerprint density at radius 1 is 1.10 bits per heavy atom. The van der Waals surface area contributed by atoms with Crippen molar-refractivity contribution in [3.8, 4) is 0 Å². The number of anilines is 1. The summed E-state index contributed by atoms with van der Waals surface area (Å²) in [6.07, 6.45) is 2.29. The molecule has 3 aliphatic rings. The lowest BCUT2D eigenvalue weighted by molar-refractivity contribution is -0.145. The Bertz CT molecular complexity index is 880. The fraction of sp³-hybridized carbons (Fsp3) is 0.609. The molecule has 0 saturated carbocycles. The molecule has 1 aromatic carbocycles. The fourth-order valence-corrected chi connectivity index (χ4v) is 5.42. The minimum absolute atomic E-state index is 0.128. The van der Waals surface area contributed by atoms with Gasteiger partial charge < -0.3 is 5.32 Å². The van der Waals surface area contributed by atoms with E-state index in [1.54, 1.807) is 0 Å². The number of likely N-dealkylation sites (tertiary alicyclic amines) is 1. The van der Waals surface area contributed by atoms with Crippen LogP contribution in [0.3, 0.4) is 0 Å². The Morgan fingerprint density at radius 3 is 2.45 bits per heavy atom. The summed E-state index contributed by atoms with van der Waals surface area (Å²) < 4.78 is 0. The van der Waals surface area contributed by atoms with Crippen LogP contribution < -0.4 is 10.6 Å². The first-order valence-corrected chi connectivity index (χ1v) is 10.9. The summed E-state index contributed by atoms with van der Waals surface area (Å²) in [4.78, 5) is 41.8. The molecule has 29 heavy (non-hydrogen) atoms. The van der Waals surface area contributed by atoms with Crippen molar-refractivity contribution < 1.29 is 14.4 Å². The van der Waals surface area contributed by atoms with Crippen LogP contribution in [0.1, 0.15) is 58.6 Å². The molecule has 0 radical (unpaired) electrons. The predicted molar refractivity (Wildman–Crippen MR) is 111 cm³/mol. The number of nitrogens with zero attached hydrogens (tertiary/aromatic N) is 1. The summed E-state index contributed by atoms with van der Waals surface area (Å²) in [5, 5.41) is 6.49. The van der Waals surface area contributed by atoms with E-state index in [0.29, 0.717) is 12.3 Å². The molecule has 3 amide bonds. The van der Waals surface area contributed by atoms with E-state index in [4.69, 9.17) is 0 Å². The third-order valence-electron chi connectivity index (χ3n) is 6.98. The number of rotatable bonds is 5. The smallest absolute Gasteiger partial charge is 0.250 e. The van der Waals surface area contributed by atoms with Gasteiger partial charge in [0.15, 0.2) is 0 Å². The number of hydrogen-bond donors (Lipinski definition) is 2. The van der Waals surface area contributed by atoms with Crippen LogP contribution in [-0.2, 0) is 26.3 Å². The van der Waals surface area contributed by atoms with Gasteiger partial charge in [-0.3, -0.25) is 24.6 Å². The first-order valence-electron chi connectivity index (χ1n) is 10.9. The Hall–Kier alpha value is -2.21. The molecular weight excluding hydrogens is 366 g/mol. The Labute approximate surface area is 172 Å². The predicted octanol–water partition coefficient (Wildman–Crippen LogP) is 2.81. The maximum absolute atomic E-state index is 13.6. The Kier molecular flexibility index (Phi) is 4.80. The van der Waals surface area contributed by atoms with Crippen LogP contribution in [0.25, 0.3) is 0 Å². The second kappa shape index (κ2) is 6.94. The quantitative estimate of drug-likeness (QED) is 0.749. The molecule has 3 aliphatic heterocycles. The van der Waals surface area contributed by atoms with E-state index in [9.17, 15) is 14.4 Å². The molecule has 156 valence electrons. The highest BCUT2D eigenvalue weighted by atomic mass is 16.2. The molecule has 1 spiro atoms. The van der Waals surface area contributed by atoms with Crippen LogP contribution in [0, 0.1) is 17.8 Å². The van der Waals surface area contributed by atoms with Crippen molar-refractivity contribution in [3.05, 3.63) is 29.3 Å². The molecule has 1 aromatic rings. The fourth-order valence-electron chi connectivity index (χ4n) is 5.42. The molecule has 3 heterocycles. The molecule has 0 aliphatic carbocycles. The molecule has 4 rings (SSSR count). The van der Waals surface area contributed by atoms with Crippen LogP contribution >= 0.6 is 0 Å². The number of aryl methyl sites for hydroxylation is 1. The lowest BCUT2D eigenvalue weighted by atomic mass is 9.75. The van der Waals surface area contributed by atoms with Crippen LogP contribution in [0.5, 0.6) is 0 Å². The van der Waals surface area contributed by atoms with E-state index in [2.05, 4.69) is 31.4 Å². The Morgan fingerprint density at radius 2 is 1.83 bits per heavy atom. The third-order valence-corrected chi connectivity index (χ3v) is 6.98. The number of hydrogen-bond acceptors (Lipinski definition) is 4. The van der Waals surface area contributed by atoms with Gasteiger partial charge in [0.2, 0.25) is 17.7 Å². The number of fused-ring (bicyclic) bond motifs is 4. The Balaban J connectivity index is 1.88. The molecule has 2 saturated heterocycles. The molecule has 2 fully saturated rings. The first kappa shape index (κ1) is 20.1. The van der Waals surface area contributed by atoms with Gasteiger partial charge in [-0.05, 0) is 43.7 Å². The van der Waals surface area contributed by atoms with Crippen molar-refractivity contribution in [2.45, 2.75) is 71.5 Å². The zero-order valence-corrected chi connectivity index (χ0v) is 17.9. The first-order chi connectivity index (χ1) is 13.8. The minimum atomic E-state index is -1.17. The van der Waals surface area contributed by atoms with Gasteiger partial charge in [0, 0.05) is 23.3 Å². The molecule has 0 bridgehead atoms. The number of benzene rings is 1. The molecule has 6 nitrogen and oxygen atoms in total. The highest BCUT2D eigenvalue weighted by molar-refractivity contribution is 6.15. The number of amides is 3. The third kappa shape index (κ3) is 2.68. The number of carbonyl (C=O) groups excluding carboxylic acids is 3. The van der Waals surface area contributed by atoms with E-state index >= 15 is 0 Å². The maximum atomic E-state index is 13.6. The van der Waals surface area contributed by atoms with Gasteiger partial charge >= 0.3 is 0 Å². The van der Waals surface area contributed by atoms with Gasteiger partial charge in [-0.2, -0.15) is 0 Å². The van der Waals surface area contributed by atoms with Crippen LogP contribution in [0.15, 0.2) is 18.2 Å². The highest BCUT2D eigenvalue weighted by Crippen LogP contribution is 2.54. The van der Waals surface area contributed by atoms with Crippen LogP contribution in [-0.4, -0.2) is 34.7 Å². The summed E-state index contributed by atoms with van der Waals surface area (Å²) >= 11 is 0. The minimum Gasteiger partial charge on any atom is -0.324 e. The van der Waals surface area contributed by atoms with Crippen molar-refractivity contribution in [1.29, 1.82) is 0 Å². The largest absolute Gasteiger partial charge is 0.324 e. The standard InChI is InChI=1S/C23H31N3O3/c1-6-13(5)26-20(27)18-17(10-12(3)4)25-23(19(18)21(26)28)15-11-14(7-2)8-9-16(15)24-22(23)29/h8-9,11-13,17-19,25H,6-7,10H2,1-5H3,(H,24,29). The molecule has 2 N–H and O–H groups in total. The van der Waals surface area contributed by atoms with Crippen molar-refractivity contribution >= 4 is 23.4 Å². The lowest BCUT2D eigenvalue weighted by Gasteiger charge is -2.31. The van der Waals surface area contributed by atoms with E-state index < -0.39 is 17.4 Å². The van der Waals surface area contributed by atoms with E-state index in [1.165, 1.54) is 4.90 Å². The molecule has 5 unspecified atom stereocenters. The summed E-state index contributed by atoms with van der Waals surface area (Å²) in [7, 11) is 0. The van der Waals surface area contributed by atoms with Gasteiger partial charge in [-0.25, -0.2) is 0 Å². The topological polar surface area (TPSA) is 78.5 Å². The number of carbonyl (C=O) groups is 3.